The zero-order chi connectivity index (χ0) is 12.8. The van der Waals surface area contributed by atoms with Crippen molar-refractivity contribution in [2.75, 3.05) is 0 Å². The zero-order valence-corrected chi connectivity index (χ0v) is 14.3. The van der Waals surface area contributed by atoms with Crippen LogP contribution in [0.25, 0.3) is 0 Å². The van der Waals surface area contributed by atoms with Gasteiger partial charge in [0.05, 0.1) is 0 Å². The lowest BCUT2D eigenvalue weighted by atomic mass is 11.0. The van der Waals surface area contributed by atoms with E-state index in [1.807, 2.05) is 11.4 Å². The SMILES string of the molecule is C=C[Si](C)(CC)O[Si](C)O[Si](C)(C=C)CC. The third kappa shape index (κ3) is 4.92. The van der Waals surface area contributed by atoms with E-state index in [4.69, 9.17) is 8.23 Å². The largest absolute Gasteiger partial charge is 0.432 e. The van der Waals surface area contributed by atoms with E-state index >= 15 is 0 Å². The summed E-state index contributed by atoms with van der Waals surface area (Å²) >= 11 is 0. The van der Waals surface area contributed by atoms with Crippen molar-refractivity contribution in [3.8, 4) is 0 Å². The molecule has 0 N–H and O–H groups in total. The molecule has 2 atom stereocenters. The van der Waals surface area contributed by atoms with Crippen LogP contribution in [-0.2, 0) is 8.23 Å². The van der Waals surface area contributed by atoms with Crippen molar-refractivity contribution in [2.24, 2.45) is 0 Å². The van der Waals surface area contributed by atoms with Gasteiger partial charge in [0.2, 0.25) is 16.6 Å². The summed E-state index contributed by atoms with van der Waals surface area (Å²) in [5.41, 5.74) is 4.01. The number of hydrogen-bond acceptors (Lipinski definition) is 2. The molecule has 0 aliphatic rings. The summed E-state index contributed by atoms with van der Waals surface area (Å²) in [6.45, 7) is 18.5. The molecule has 0 fully saturated rings. The first-order valence-corrected chi connectivity index (χ1v) is 13.0. The second-order valence-electron chi connectivity index (χ2n) is 4.44. The maximum Gasteiger partial charge on any atom is 0.359 e. The molecular formula is C11H25O2Si3. The van der Waals surface area contributed by atoms with Crippen LogP contribution >= 0.6 is 0 Å². The van der Waals surface area contributed by atoms with Gasteiger partial charge in [-0.3, -0.25) is 0 Å². The summed E-state index contributed by atoms with van der Waals surface area (Å²) in [5.74, 6) is 0. The molecule has 0 saturated heterocycles. The highest BCUT2D eigenvalue weighted by Crippen LogP contribution is 2.18. The Balaban J connectivity index is 4.42. The molecule has 0 aromatic carbocycles. The van der Waals surface area contributed by atoms with Gasteiger partial charge in [-0.2, -0.15) is 0 Å². The zero-order valence-electron chi connectivity index (χ0n) is 11.3. The average molecular weight is 274 g/mol. The molecule has 2 unspecified atom stereocenters. The third-order valence-electron chi connectivity index (χ3n) is 3.02. The fourth-order valence-corrected chi connectivity index (χ4v) is 9.39. The molecule has 0 rings (SSSR count). The molecule has 0 aliphatic heterocycles. The molecule has 0 heterocycles. The minimum atomic E-state index is -1.71. The van der Waals surface area contributed by atoms with Gasteiger partial charge >= 0.3 is 9.28 Å². The van der Waals surface area contributed by atoms with Crippen molar-refractivity contribution in [3.63, 3.8) is 0 Å². The molecule has 5 heteroatoms. The molecule has 1 radical (unpaired) electrons. The molecule has 0 bridgehead atoms. The van der Waals surface area contributed by atoms with Crippen LogP contribution in [0.2, 0.25) is 31.7 Å². The molecule has 0 amide bonds. The average Bonchev–Trinajstić information content (AvgIpc) is 2.28. The van der Waals surface area contributed by atoms with Gasteiger partial charge < -0.3 is 8.23 Å². The van der Waals surface area contributed by atoms with Crippen molar-refractivity contribution >= 4 is 25.9 Å². The Morgan fingerprint density at radius 3 is 1.50 bits per heavy atom. The van der Waals surface area contributed by atoms with Crippen LogP contribution in [0.3, 0.4) is 0 Å². The van der Waals surface area contributed by atoms with Crippen LogP contribution in [-0.4, -0.2) is 25.9 Å². The summed E-state index contributed by atoms with van der Waals surface area (Å²) in [6.07, 6.45) is 0. The summed E-state index contributed by atoms with van der Waals surface area (Å²) < 4.78 is 12.2. The first-order valence-electron chi connectivity index (χ1n) is 5.83. The van der Waals surface area contributed by atoms with Gasteiger partial charge in [-0.1, -0.05) is 25.2 Å². The Morgan fingerprint density at radius 2 is 1.31 bits per heavy atom. The van der Waals surface area contributed by atoms with E-state index in [1.165, 1.54) is 0 Å². The van der Waals surface area contributed by atoms with E-state index in [-0.39, 0.29) is 0 Å². The normalized spacial score (nSPS) is 18.9. The van der Waals surface area contributed by atoms with Crippen molar-refractivity contribution in [3.05, 3.63) is 24.6 Å². The fourth-order valence-electron chi connectivity index (χ4n) is 1.19. The number of hydrogen-bond donors (Lipinski definition) is 0. The summed E-state index contributed by atoms with van der Waals surface area (Å²) in [6, 6.07) is 2.11. The Morgan fingerprint density at radius 1 is 1.00 bits per heavy atom. The highest BCUT2D eigenvalue weighted by atomic mass is 28.4. The molecule has 0 saturated carbocycles. The van der Waals surface area contributed by atoms with E-state index in [0.717, 1.165) is 12.1 Å². The van der Waals surface area contributed by atoms with E-state index < -0.39 is 25.9 Å². The standard InChI is InChI=1S/C11H25O2Si3/c1-8-15(6,9-2)12-14(5)13-16(7,10-3)11-4/h8,10H,1,3,9,11H2,2,4-7H3. The Hall–Kier alpha value is 0.0506. The molecular weight excluding hydrogens is 248 g/mol. The van der Waals surface area contributed by atoms with Crippen LogP contribution in [0, 0.1) is 0 Å². The van der Waals surface area contributed by atoms with Gasteiger partial charge in [0.25, 0.3) is 0 Å². The summed E-state index contributed by atoms with van der Waals surface area (Å²) in [5, 5.41) is 0. The first kappa shape index (κ1) is 16.1. The Labute approximate surface area is 104 Å². The van der Waals surface area contributed by atoms with Crippen molar-refractivity contribution in [1.29, 1.82) is 0 Å². The maximum atomic E-state index is 6.12. The number of rotatable bonds is 8. The predicted molar refractivity (Wildman–Crippen MR) is 78.4 cm³/mol. The summed E-state index contributed by atoms with van der Waals surface area (Å²) in [7, 11) is -4.60. The fraction of sp³-hybridized carbons (Fsp3) is 0.636. The van der Waals surface area contributed by atoms with Gasteiger partial charge in [0, 0.05) is 0 Å². The van der Waals surface area contributed by atoms with Gasteiger partial charge in [0.1, 0.15) is 0 Å². The second kappa shape index (κ2) is 6.71. The molecule has 2 nitrogen and oxygen atoms in total. The molecule has 16 heavy (non-hydrogen) atoms. The Kier molecular flexibility index (Phi) is 6.73. The maximum absolute atomic E-state index is 6.12. The lowest BCUT2D eigenvalue weighted by molar-refractivity contribution is 0.427. The van der Waals surface area contributed by atoms with Gasteiger partial charge in [0.15, 0.2) is 0 Å². The van der Waals surface area contributed by atoms with Gasteiger partial charge in [-0.25, -0.2) is 0 Å². The molecule has 0 aromatic heterocycles. The van der Waals surface area contributed by atoms with E-state index in [9.17, 15) is 0 Å². The van der Waals surface area contributed by atoms with Crippen molar-refractivity contribution in [2.45, 2.75) is 45.6 Å². The predicted octanol–water partition coefficient (Wildman–Crippen LogP) is 3.78. The van der Waals surface area contributed by atoms with E-state index in [0.29, 0.717) is 0 Å². The van der Waals surface area contributed by atoms with E-state index in [1.54, 1.807) is 0 Å². The minimum Gasteiger partial charge on any atom is -0.432 e. The lowest BCUT2D eigenvalue weighted by Gasteiger charge is -2.31. The summed E-state index contributed by atoms with van der Waals surface area (Å²) in [4.78, 5) is 0. The van der Waals surface area contributed by atoms with Crippen LogP contribution in [0.4, 0.5) is 0 Å². The first-order chi connectivity index (χ1) is 7.34. The lowest BCUT2D eigenvalue weighted by Crippen LogP contribution is -2.45. The molecule has 0 spiro atoms. The quantitative estimate of drug-likeness (QED) is 0.627. The molecule has 0 aliphatic carbocycles. The van der Waals surface area contributed by atoms with Crippen LogP contribution in [0.15, 0.2) is 24.6 Å². The van der Waals surface area contributed by atoms with Crippen LogP contribution in [0.1, 0.15) is 13.8 Å². The van der Waals surface area contributed by atoms with Crippen molar-refractivity contribution < 1.29 is 8.23 Å². The smallest absolute Gasteiger partial charge is 0.359 e. The highest BCUT2D eigenvalue weighted by Gasteiger charge is 2.32. The third-order valence-corrected chi connectivity index (χ3v) is 13.6. The van der Waals surface area contributed by atoms with Crippen LogP contribution in [0.5, 0.6) is 0 Å². The van der Waals surface area contributed by atoms with Gasteiger partial charge in [-0.05, 0) is 31.7 Å². The van der Waals surface area contributed by atoms with Crippen LogP contribution < -0.4 is 0 Å². The topological polar surface area (TPSA) is 18.5 Å². The highest BCUT2D eigenvalue weighted by molar-refractivity contribution is 6.86. The van der Waals surface area contributed by atoms with Gasteiger partial charge in [-0.15, -0.1) is 13.2 Å². The monoisotopic (exact) mass is 273 g/mol. The van der Waals surface area contributed by atoms with Crippen molar-refractivity contribution in [1.82, 2.24) is 0 Å². The molecule has 0 aromatic rings. The van der Waals surface area contributed by atoms with E-state index in [2.05, 4.69) is 46.6 Å². The Bertz CT molecular complexity index is 223. The molecule has 93 valence electrons. The second-order valence-corrected chi connectivity index (χ2v) is 14.5. The minimum absolute atomic E-state index is 1.06.